The van der Waals surface area contributed by atoms with E-state index in [9.17, 15) is 4.79 Å². The van der Waals surface area contributed by atoms with E-state index in [1.165, 1.54) is 0 Å². The highest BCUT2D eigenvalue weighted by molar-refractivity contribution is 5.49. The highest BCUT2D eigenvalue weighted by atomic mass is 16.1. The minimum absolute atomic E-state index is 0.374. The summed E-state index contributed by atoms with van der Waals surface area (Å²) in [6, 6.07) is 0. The Kier molecular flexibility index (Phi) is 3.17. The molecule has 0 aromatic heterocycles. The van der Waals surface area contributed by atoms with Gasteiger partial charge in [0.1, 0.15) is 6.29 Å². The normalized spacial score (nSPS) is 16.2. The number of carbonyl (C=O) groups is 1. The summed E-state index contributed by atoms with van der Waals surface area (Å²) in [5.74, 6) is 0. The van der Waals surface area contributed by atoms with Crippen molar-refractivity contribution in [2.24, 2.45) is 5.73 Å². The van der Waals surface area contributed by atoms with E-state index in [4.69, 9.17) is 5.73 Å². The summed E-state index contributed by atoms with van der Waals surface area (Å²) in [6.07, 6.45) is 3.73. The van der Waals surface area contributed by atoms with Crippen LogP contribution in [0.15, 0.2) is 12.7 Å². The summed E-state index contributed by atoms with van der Waals surface area (Å²) in [6.45, 7) is 5.40. The standard InChI is InChI=1S/C7H13NO/c1-3-7(2,8)5-4-6-9/h3,6H,1,4-5,8H2,2H3. The predicted molar refractivity (Wildman–Crippen MR) is 38.1 cm³/mol. The van der Waals surface area contributed by atoms with Gasteiger partial charge in [-0.1, -0.05) is 6.08 Å². The lowest BCUT2D eigenvalue weighted by Gasteiger charge is -2.17. The van der Waals surface area contributed by atoms with Crippen LogP contribution in [0.2, 0.25) is 0 Å². The number of nitrogens with two attached hydrogens (primary N) is 1. The average Bonchev–Trinajstić information content (AvgIpc) is 1.84. The minimum Gasteiger partial charge on any atom is -0.322 e. The maximum atomic E-state index is 9.88. The number of carbonyl (C=O) groups excluding carboxylic acids is 1. The van der Waals surface area contributed by atoms with Gasteiger partial charge in [0.25, 0.3) is 0 Å². The summed E-state index contributed by atoms with van der Waals surface area (Å²) < 4.78 is 0. The molecule has 9 heavy (non-hydrogen) atoms. The van der Waals surface area contributed by atoms with E-state index < -0.39 is 0 Å². The quantitative estimate of drug-likeness (QED) is 0.449. The van der Waals surface area contributed by atoms with Crippen molar-refractivity contribution in [3.05, 3.63) is 12.7 Å². The summed E-state index contributed by atoms with van der Waals surface area (Å²) in [5.41, 5.74) is 5.25. The summed E-state index contributed by atoms with van der Waals surface area (Å²) in [5, 5.41) is 0. The first-order valence-electron chi connectivity index (χ1n) is 2.98. The van der Waals surface area contributed by atoms with E-state index in [0.717, 1.165) is 6.29 Å². The van der Waals surface area contributed by atoms with Gasteiger partial charge in [0.15, 0.2) is 0 Å². The smallest absolute Gasteiger partial charge is 0.120 e. The zero-order valence-corrected chi connectivity index (χ0v) is 5.76. The molecule has 1 unspecified atom stereocenters. The molecule has 0 amide bonds. The molecule has 0 heterocycles. The van der Waals surface area contributed by atoms with Crippen LogP contribution in [0.4, 0.5) is 0 Å². The molecule has 0 aliphatic carbocycles. The molecule has 0 rings (SSSR count). The molecule has 2 N–H and O–H groups in total. The van der Waals surface area contributed by atoms with Gasteiger partial charge in [0.05, 0.1) is 0 Å². The van der Waals surface area contributed by atoms with E-state index in [2.05, 4.69) is 6.58 Å². The molecule has 0 aliphatic heterocycles. The van der Waals surface area contributed by atoms with Crippen LogP contribution in [0, 0.1) is 0 Å². The Morgan fingerprint density at radius 1 is 1.78 bits per heavy atom. The molecule has 0 radical (unpaired) electrons. The fourth-order valence-corrected chi connectivity index (χ4v) is 0.472. The van der Waals surface area contributed by atoms with Crippen LogP contribution in [-0.2, 0) is 4.79 Å². The van der Waals surface area contributed by atoms with Crippen molar-refractivity contribution in [1.29, 1.82) is 0 Å². The molecular weight excluding hydrogens is 114 g/mol. The third kappa shape index (κ3) is 3.91. The fraction of sp³-hybridized carbons (Fsp3) is 0.571. The van der Waals surface area contributed by atoms with Gasteiger partial charge < -0.3 is 10.5 Å². The zero-order valence-electron chi connectivity index (χ0n) is 5.76. The van der Waals surface area contributed by atoms with Crippen molar-refractivity contribution >= 4 is 6.29 Å². The van der Waals surface area contributed by atoms with Crippen molar-refractivity contribution in [2.45, 2.75) is 25.3 Å². The zero-order chi connectivity index (χ0) is 7.33. The predicted octanol–water partition coefficient (Wildman–Crippen LogP) is 0.869. The van der Waals surface area contributed by atoms with Crippen molar-refractivity contribution in [1.82, 2.24) is 0 Å². The maximum absolute atomic E-state index is 9.88. The molecule has 1 atom stereocenters. The first-order valence-corrected chi connectivity index (χ1v) is 2.98. The van der Waals surface area contributed by atoms with E-state index in [1.807, 2.05) is 6.92 Å². The van der Waals surface area contributed by atoms with E-state index in [0.29, 0.717) is 12.8 Å². The van der Waals surface area contributed by atoms with Gasteiger partial charge in [0.2, 0.25) is 0 Å². The Labute approximate surface area is 55.7 Å². The van der Waals surface area contributed by atoms with Crippen molar-refractivity contribution in [3.8, 4) is 0 Å². The van der Waals surface area contributed by atoms with Crippen molar-refractivity contribution in [2.75, 3.05) is 0 Å². The van der Waals surface area contributed by atoms with E-state index in [-0.39, 0.29) is 5.54 Å². The molecule has 0 spiro atoms. The average molecular weight is 127 g/mol. The van der Waals surface area contributed by atoms with E-state index in [1.54, 1.807) is 6.08 Å². The number of aldehydes is 1. The lowest BCUT2D eigenvalue weighted by atomic mass is 9.98. The molecule has 2 nitrogen and oxygen atoms in total. The van der Waals surface area contributed by atoms with Crippen LogP contribution in [0.3, 0.4) is 0 Å². The molecule has 0 fully saturated rings. The van der Waals surface area contributed by atoms with Crippen LogP contribution in [-0.4, -0.2) is 11.8 Å². The molecule has 2 heteroatoms. The van der Waals surface area contributed by atoms with Crippen molar-refractivity contribution in [3.63, 3.8) is 0 Å². The van der Waals surface area contributed by atoms with Gasteiger partial charge in [-0.2, -0.15) is 0 Å². The van der Waals surface area contributed by atoms with Crippen LogP contribution in [0.1, 0.15) is 19.8 Å². The minimum atomic E-state index is -0.374. The summed E-state index contributed by atoms with van der Waals surface area (Å²) in [4.78, 5) is 9.88. The molecule has 0 aromatic rings. The molecule has 52 valence electrons. The van der Waals surface area contributed by atoms with Gasteiger partial charge in [-0.15, -0.1) is 6.58 Å². The molecule has 0 aliphatic rings. The van der Waals surface area contributed by atoms with Crippen LogP contribution in [0.25, 0.3) is 0 Å². The second-order valence-corrected chi connectivity index (χ2v) is 2.42. The Morgan fingerprint density at radius 3 is 2.67 bits per heavy atom. The maximum Gasteiger partial charge on any atom is 0.120 e. The molecule has 0 saturated carbocycles. The largest absolute Gasteiger partial charge is 0.322 e. The summed E-state index contributed by atoms with van der Waals surface area (Å²) >= 11 is 0. The SMILES string of the molecule is C=CC(C)(N)CCC=O. The number of rotatable bonds is 4. The number of hydrogen-bond acceptors (Lipinski definition) is 2. The second kappa shape index (κ2) is 3.41. The molecular formula is C7H13NO. The van der Waals surface area contributed by atoms with Gasteiger partial charge in [-0.3, -0.25) is 0 Å². The first-order chi connectivity index (χ1) is 4.12. The lowest BCUT2D eigenvalue weighted by Crippen LogP contribution is -2.32. The molecule has 0 aromatic carbocycles. The summed E-state index contributed by atoms with van der Waals surface area (Å²) in [7, 11) is 0. The van der Waals surface area contributed by atoms with Gasteiger partial charge in [-0.05, 0) is 13.3 Å². The van der Waals surface area contributed by atoms with Gasteiger partial charge >= 0.3 is 0 Å². The Bertz CT molecular complexity index is 107. The second-order valence-electron chi connectivity index (χ2n) is 2.42. The van der Waals surface area contributed by atoms with Gasteiger partial charge in [-0.25, -0.2) is 0 Å². The van der Waals surface area contributed by atoms with E-state index >= 15 is 0 Å². The number of hydrogen-bond donors (Lipinski definition) is 1. The topological polar surface area (TPSA) is 43.1 Å². The van der Waals surface area contributed by atoms with Gasteiger partial charge in [0, 0.05) is 12.0 Å². The highest BCUT2D eigenvalue weighted by Crippen LogP contribution is 2.07. The fourth-order valence-electron chi connectivity index (χ4n) is 0.472. The first kappa shape index (κ1) is 8.37. The van der Waals surface area contributed by atoms with Crippen LogP contribution in [0.5, 0.6) is 0 Å². The Hall–Kier alpha value is -0.630. The monoisotopic (exact) mass is 127 g/mol. The van der Waals surface area contributed by atoms with Crippen LogP contribution < -0.4 is 5.73 Å². The third-order valence-corrected chi connectivity index (χ3v) is 1.27. The Morgan fingerprint density at radius 2 is 2.33 bits per heavy atom. The third-order valence-electron chi connectivity index (χ3n) is 1.27. The lowest BCUT2D eigenvalue weighted by molar-refractivity contribution is -0.108. The molecule has 0 saturated heterocycles. The Balaban J connectivity index is 3.57. The van der Waals surface area contributed by atoms with Crippen LogP contribution >= 0.6 is 0 Å². The highest BCUT2D eigenvalue weighted by Gasteiger charge is 2.11. The van der Waals surface area contributed by atoms with Crippen molar-refractivity contribution < 1.29 is 4.79 Å². The molecule has 0 bridgehead atoms.